The highest BCUT2D eigenvalue weighted by Crippen LogP contribution is 2.58. The number of amides is 2. The summed E-state index contributed by atoms with van der Waals surface area (Å²) >= 11 is 0. The summed E-state index contributed by atoms with van der Waals surface area (Å²) in [4.78, 5) is 47.4. The molecule has 0 saturated carbocycles. The monoisotopic (exact) mass is 517 g/mol. The molecule has 10 nitrogen and oxygen atoms in total. The summed E-state index contributed by atoms with van der Waals surface area (Å²) in [6, 6.07) is -0.903. The molecule has 5 aliphatic heterocycles. The van der Waals surface area contributed by atoms with E-state index < -0.39 is 35.0 Å². The summed E-state index contributed by atoms with van der Waals surface area (Å²) in [6.07, 6.45) is 9.98. The number of aliphatic hydroxyl groups excluding tert-OH is 1. The average molecular weight is 518 g/mol. The Labute approximate surface area is 218 Å². The van der Waals surface area contributed by atoms with Crippen LogP contribution in [0.25, 0.3) is 0 Å². The predicted molar refractivity (Wildman–Crippen MR) is 133 cm³/mol. The number of allylic oxidation sites excluding steroid dienone is 1. The first-order valence-electron chi connectivity index (χ1n) is 13.7. The average Bonchev–Trinajstić information content (AvgIpc) is 3.29. The van der Waals surface area contributed by atoms with Crippen molar-refractivity contribution in [1.82, 2.24) is 14.7 Å². The van der Waals surface area contributed by atoms with Gasteiger partial charge in [0.15, 0.2) is 0 Å². The number of cyclic esters (lactones) is 1. The first-order valence-corrected chi connectivity index (χ1v) is 13.7. The van der Waals surface area contributed by atoms with Gasteiger partial charge in [-0.15, -0.1) is 0 Å². The van der Waals surface area contributed by atoms with Crippen molar-refractivity contribution in [2.45, 2.75) is 49.9 Å². The summed E-state index contributed by atoms with van der Waals surface area (Å²) in [6.45, 7) is 7.01. The molecule has 0 radical (unpaired) electrons. The van der Waals surface area contributed by atoms with E-state index in [1.54, 1.807) is 9.80 Å². The Hall–Kier alpha value is -2.27. The molecule has 5 aliphatic rings. The molecule has 1 spiro atoms. The number of rotatable bonds is 7. The summed E-state index contributed by atoms with van der Waals surface area (Å²) in [5.41, 5.74) is -2.31. The fraction of sp³-hybridized carbons (Fsp3) is 0.741. The first kappa shape index (κ1) is 26.3. The van der Waals surface area contributed by atoms with Crippen LogP contribution in [0.4, 0.5) is 0 Å². The number of aliphatic hydroxyl groups is 1. The van der Waals surface area contributed by atoms with Crippen molar-refractivity contribution in [2.75, 3.05) is 65.7 Å². The molecule has 2 amide bonds. The van der Waals surface area contributed by atoms with Crippen molar-refractivity contribution in [1.29, 1.82) is 0 Å². The lowest BCUT2D eigenvalue weighted by Gasteiger charge is -2.38. The van der Waals surface area contributed by atoms with Crippen molar-refractivity contribution < 1.29 is 33.7 Å². The summed E-state index contributed by atoms with van der Waals surface area (Å²) in [5, 5.41) is 9.54. The number of fused-ring (bicyclic) bond motifs is 2. The topological polar surface area (TPSA) is 109 Å². The molecule has 5 rings (SSSR count). The van der Waals surface area contributed by atoms with Gasteiger partial charge in [-0.25, -0.2) is 0 Å². The molecule has 1 unspecified atom stereocenters. The second kappa shape index (κ2) is 10.8. The molecule has 204 valence electrons. The van der Waals surface area contributed by atoms with Crippen molar-refractivity contribution in [3.8, 4) is 0 Å². The summed E-state index contributed by atoms with van der Waals surface area (Å²) in [5.74, 6) is -2.62. The van der Waals surface area contributed by atoms with E-state index in [2.05, 4.69) is 4.90 Å². The maximum absolute atomic E-state index is 14.2. The lowest BCUT2D eigenvalue weighted by molar-refractivity contribution is -0.161. The number of hydrogen-bond donors (Lipinski definition) is 1. The van der Waals surface area contributed by atoms with Crippen LogP contribution < -0.4 is 0 Å². The maximum Gasteiger partial charge on any atom is 0.313 e. The molecule has 3 saturated heterocycles. The largest absolute Gasteiger partial charge is 0.465 e. The molecule has 5 atom stereocenters. The van der Waals surface area contributed by atoms with Crippen LogP contribution in [0.2, 0.25) is 0 Å². The number of carbonyl (C=O) groups is 3. The van der Waals surface area contributed by atoms with E-state index in [9.17, 15) is 19.5 Å². The summed E-state index contributed by atoms with van der Waals surface area (Å²) in [7, 11) is 0. The van der Waals surface area contributed by atoms with Gasteiger partial charge in [0.1, 0.15) is 23.2 Å². The third-order valence-electron chi connectivity index (χ3n) is 8.56. The molecule has 10 heteroatoms. The van der Waals surface area contributed by atoms with E-state index in [1.165, 1.54) is 0 Å². The molecular weight excluding hydrogens is 478 g/mol. The molecule has 0 aromatic carbocycles. The molecule has 37 heavy (non-hydrogen) atoms. The van der Waals surface area contributed by atoms with Gasteiger partial charge >= 0.3 is 5.97 Å². The minimum atomic E-state index is -1.28. The van der Waals surface area contributed by atoms with E-state index in [0.29, 0.717) is 52.1 Å². The van der Waals surface area contributed by atoms with Gasteiger partial charge in [0, 0.05) is 45.9 Å². The molecular formula is C27H39N3O7. The zero-order chi connectivity index (χ0) is 26.0. The van der Waals surface area contributed by atoms with Crippen LogP contribution in [0.15, 0.2) is 24.3 Å². The quantitative estimate of drug-likeness (QED) is 0.381. The highest BCUT2D eigenvalue weighted by Gasteiger charge is 2.75. The zero-order valence-corrected chi connectivity index (χ0v) is 21.7. The maximum atomic E-state index is 14.2. The number of nitrogens with zero attached hydrogens (tertiary/aromatic N) is 3. The van der Waals surface area contributed by atoms with Gasteiger partial charge in [-0.1, -0.05) is 31.2 Å². The van der Waals surface area contributed by atoms with Crippen molar-refractivity contribution in [3.63, 3.8) is 0 Å². The van der Waals surface area contributed by atoms with Crippen molar-refractivity contribution >= 4 is 17.8 Å². The number of hydrogen-bond acceptors (Lipinski definition) is 8. The van der Waals surface area contributed by atoms with Crippen LogP contribution in [0.3, 0.4) is 0 Å². The minimum Gasteiger partial charge on any atom is -0.465 e. The second-order valence-electron chi connectivity index (χ2n) is 10.6. The van der Waals surface area contributed by atoms with Crippen LogP contribution in [0.1, 0.15) is 32.6 Å². The first-order chi connectivity index (χ1) is 18.0. The number of esters is 1. The Morgan fingerprint density at radius 1 is 1.00 bits per heavy atom. The minimum absolute atomic E-state index is 0.104. The Morgan fingerprint density at radius 3 is 2.57 bits per heavy atom. The fourth-order valence-corrected chi connectivity index (χ4v) is 6.69. The van der Waals surface area contributed by atoms with E-state index in [1.807, 2.05) is 31.2 Å². The van der Waals surface area contributed by atoms with E-state index >= 15 is 0 Å². The standard InChI is InChI=1S/C27H39N3O7/c1-2-26-8-4-3-5-17-36-25(34)21(26)20-23(32)30(11-7-16-31)22-24(33)29(10-6-9-27(20,22)37-26)13-12-28-14-18-35-19-15-28/h4,6,8-9,20-22,31H,2-3,5,7,10-19H2,1H3/b8-4-/t20-,21-,22?,26+,27-/m0/s1. The lowest BCUT2D eigenvalue weighted by Crippen LogP contribution is -2.57. The molecule has 0 aliphatic carbocycles. The normalized spacial score (nSPS) is 37.2. The van der Waals surface area contributed by atoms with Crippen LogP contribution in [0.5, 0.6) is 0 Å². The van der Waals surface area contributed by atoms with Crippen LogP contribution in [0, 0.1) is 11.8 Å². The smallest absolute Gasteiger partial charge is 0.313 e. The third kappa shape index (κ3) is 4.51. The summed E-state index contributed by atoms with van der Waals surface area (Å²) < 4.78 is 18.0. The molecule has 3 fully saturated rings. The SMILES string of the molecule is CC[C@@]12/C=C\CCCOC(=O)[C@@H]1[C@H]1C(=O)N(CCCO)C3C(=O)N(CCN4CCOCC4)CC=C[C@@]31O2. The Bertz CT molecular complexity index is 948. The highest BCUT2D eigenvalue weighted by molar-refractivity contribution is 5.99. The lowest BCUT2D eigenvalue weighted by atomic mass is 9.73. The Kier molecular flexibility index (Phi) is 7.72. The number of ether oxygens (including phenoxy) is 3. The van der Waals surface area contributed by atoms with Gasteiger partial charge in [0.25, 0.3) is 0 Å². The van der Waals surface area contributed by atoms with E-state index in [4.69, 9.17) is 14.2 Å². The molecule has 1 N–H and O–H groups in total. The van der Waals surface area contributed by atoms with Crippen molar-refractivity contribution in [3.05, 3.63) is 24.3 Å². The van der Waals surface area contributed by atoms with Gasteiger partial charge in [0.05, 0.1) is 25.7 Å². The van der Waals surface area contributed by atoms with Gasteiger partial charge in [-0.05, 0) is 25.7 Å². The van der Waals surface area contributed by atoms with Crippen molar-refractivity contribution in [2.24, 2.45) is 11.8 Å². The zero-order valence-electron chi connectivity index (χ0n) is 21.7. The van der Waals surface area contributed by atoms with Crippen LogP contribution in [-0.2, 0) is 28.6 Å². The Balaban J connectivity index is 1.52. The van der Waals surface area contributed by atoms with E-state index in [0.717, 1.165) is 19.5 Å². The van der Waals surface area contributed by atoms with Gasteiger partial charge in [0.2, 0.25) is 11.8 Å². The number of carbonyl (C=O) groups excluding carboxylic acids is 3. The number of morpholine rings is 1. The number of likely N-dealkylation sites (tertiary alicyclic amines) is 1. The predicted octanol–water partition coefficient (Wildman–Crippen LogP) is 0.354. The van der Waals surface area contributed by atoms with Gasteiger partial charge in [-0.2, -0.15) is 0 Å². The van der Waals surface area contributed by atoms with Crippen LogP contribution >= 0.6 is 0 Å². The molecule has 5 heterocycles. The molecule has 0 aromatic rings. The van der Waals surface area contributed by atoms with Crippen LogP contribution in [-0.4, -0.2) is 121 Å². The van der Waals surface area contributed by atoms with Gasteiger partial charge < -0.3 is 29.1 Å². The highest BCUT2D eigenvalue weighted by atomic mass is 16.6. The van der Waals surface area contributed by atoms with E-state index in [-0.39, 0.29) is 31.6 Å². The Morgan fingerprint density at radius 2 is 1.81 bits per heavy atom. The third-order valence-corrected chi connectivity index (χ3v) is 8.56. The fourth-order valence-electron chi connectivity index (χ4n) is 6.69. The molecule has 0 bridgehead atoms. The second-order valence-corrected chi connectivity index (χ2v) is 10.6. The molecule has 0 aromatic heterocycles. The van der Waals surface area contributed by atoms with Gasteiger partial charge in [-0.3, -0.25) is 19.3 Å².